The molecule has 180 valence electrons. The first-order chi connectivity index (χ1) is 16.9. The number of likely N-dealkylation sites (N-methyl/N-ethyl adjacent to an activating group) is 1. The molecule has 0 saturated carbocycles. The smallest absolute Gasteiger partial charge is 0.253 e. The van der Waals surface area contributed by atoms with Gasteiger partial charge in [0, 0.05) is 49.8 Å². The average molecular weight is 474 g/mol. The van der Waals surface area contributed by atoms with E-state index in [0.29, 0.717) is 43.9 Å². The Bertz CT molecular complexity index is 1230. The van der Waals surface area contributed by atoms with E-state index >= 15 is 0 Å². The first-order valence-corrected chi connectivity index (χ1v) is 11.9. The van der Waals surface area contributed by atoms with Gasteiger partial charge in [0.15, 0.2) is 0 Å². The van der Waals surface area contributed by atoms with Crippen molar-refractivity contribution in [2.24, 2.45) is 5.41 Å². The van der Waals surface area contributed by atoms with Gasteiger partial charge in [-0.05, 0) is 67.6 Å². The minimum atomic E-state index is -0.447. The molecule has 0 bridgehead atoms. The number of rotatable bonds is 5. The number of piperidine rings is 1. The summed E-state index contributed by atoms with van der Waals surface area (Å²) < 4.78 is 13.6. The Morgan fingerprint density at radius 3 is 2.57 bits per heavy atom. The van der Waals surface area contributed by atoms with Crippen LogP contribution in [0.4, 0.5) is 16.0 Å². The van der Waals surface area contributed by atoms with Crippen molar-refractivity contribution in [2.75, 3.05) is 25.5 Å². The SMILES string of the molecule is CN1C(=O)C2(CCN(C(=O)c3cccc(Nc4ncccn4)c3)CC2)CC1Cc1cccc(F)c1. The van der Waals surface area contributed by atoms with E-state index in [1.807, 2.05) is 35.0 Å². The molecule has 1 N–H and O–H groups in total. The van der Waals surface area contributed by atoms with E-state index in [1.165, 1.54) is 12.1 Å². The standard InChI is InChI=1S/C27H28FN5O2/c1-32-23(16-19-5-2-7-21(28)15-19)18-27(25(32)35)9-13-33(14-10-27)24(34)20-6-3-8-22(17-20)31-26-29-11-4-12-30-26/h2-8,11-12,15,17,23H,9-10,13-14,16,18H2,1H3,(H,29,30,31). The summed E-state index contributed by atoms with van der Waals surface area (Å²) in [4.78, 5) is 38.4. The zero-order valence-electron chi connectivity index (χ0n) is 19.7. The second-order valence-electron chi connectivity index (χ2n) is 9.46. The monoisotopic (exact) mass is 473 g/mol. The Morgan fingerprint density at radius 1 is 1.09 bits per heavy atom. The van der Waals surface area contributed by atoms with Gasteiger partial charge in [-0.25, -0.2) is 14.4 Å². The molecule has 1 spiro atoms. The van der Waals surface area contributed by atoms with E-state index in [9.17, 15) is 14.0 Å². The zero-order chi connectivity index (χ0) is 24.4. The number of aromatic nitrogens is 2. The summed E-state index contributed by atoms with van der Waals surface area (Å²) in [7, 11) is 1.84. The molecule has 8 heteroatoms. The fourth-order valence-corrected chi connectivity index (χ4v) is 5.32. The summed E-state index contributed by atoms with van der Waals surface area (Å²) in [6.45, 7) is 1.06. The van der Waals surface area contributed by atoms with Crippen LogP contribution in [0.15, 0.2) is 67.0 Å². The molecule has 7 nitrogen and oxygen atoms in total. The van der Waals surface area contributed by atoms with Gasteiger partial charge in [0.1, 0.15) is 5.82 Å². The molecule has 2 fully saturated rings. The molecular weight excluding hydrogens is 445 g/mol. The van der Waals surface area contributed by atoms with Gasteiger partial charge in [-0.1, -0.05) is 18.2 Å². The Balaban J connectivity index is 1.23. The summed E-state index contributed by atoms with van der Waals surface area (Å²) in [5.41, 5.74) is 1.77. The minimum absolute atomic E-state index is 0.0366. The third-order valence-electron chi connectivity index (χ3n) is 7.25. The number of carbonyl (C=O) groups is 2. The van der Waals surface area contributed by atoms with Crippen molar-refractivity contribution in [3.05, 3.63) is 83.9 Å². The van der Waals surface area contributed by atoms with Crippen LogP contribution < -0.4 is 5.32 Å². The number of nitrogens with one attached hydrogen (secondary N) is 1. The third kappa shape index (κ3) is 4.73. The van der Waals surface area contributed by atoms with Crippen LogP contribution in [0, 0.1) is 11.2 Å². The number of hydrogen-bond donors (Lipinski definition) is 1. The van der Waals surface area contributed by atoms with Crippen LogP contribution in [0.1, 0.15) is 35.2 Å². The van der Waals surface area contributed by atoms with Crippen LogP contribution in [0.2, 0.25) is 0 Å². The molecule has 3 heterocycles. The predicted molar refractivity (Wildman–Crippen MR) is 131 cm³/mol. The van der Waals surface area contributed by atoms with Crippen molar-refractivity contribution < 1.29 is 14.0 Å². The van der Waals surface area contributed by atoms with Crippen molar-refractivity contribution in [1.29, 1.82) is 0 Å². The highest BCUT2D eigenvalue weighted by molar-refractivity contribution is 5.95. The van der Waals surface area contributed by atoms with Crippen molar-refractivity contribution in [2.45, 2.75) is 31.7 Å². The van der Waals surface area contributed by atoms with Crippen molar-refractivity contribution in [1.82, 2.24) is 19.8 Å². The van der Waals surface area contributed by atoms with E-state index in [1.54, 1.807) is 36.7 Å². The lowest BCUT2D eigenvalue weighted by molar-refractivity contribution is -0.137. The van der Waals surface area contributed by atoms with Crippen molar-refractivity contribution in [3.63, 3.8) is 0 Å². The lowest BCUT2D eigenvalue weighted by Crippen LogP contribution is -2.46. The fourth-order valence-electron chi connectivity index (χ4n) is 5.32. The number of anilines is 2. The lowest BCUT2D eigenvalue weighted by atomic mass is 9.75. The highest BCUT2D eigenvalue weighted by atomic mass is 19.1. The Labute approximate surface area is 204 Å². The second-order valence-corrected chi connectivity index (χ2v) is 9.46. The van der Waals surface area contributed by atoms with Gasteiger partial charge in [-0.15, -0.1) is 0 Å². The van der Waals surface area contributed by atoms with E-state index < -0.39 is 5.41 Å². The summed E-state index contributed by atoms with van der Waals surface area (Å²) in [5.74, 6) is 0.299. The summed E-state index contributed by atoms with van der Waals surface area (Å²) in [6.07, 6.45) is 5.94. The Hall–Kier alpha value is -3.81. The van der Waals surface area contributed by atoms with E-state index in [-0.39, 0.29) is 23.7 Å². The maximum absolute atomic E-state index is 13.6. The number of carbonyl (C=O) groups excluding carboxylic acids is 2. The first kappa shape index (κ1) is 23.0. The molecule has 2 saturated heterocycles. The highest BCUT2D eigenvalue weighted by Gasteiger charge is 2.51. The number of amides is 2. The zero-order valence-corrected chi connectivity index (χ0v) is 19.7. The van der Waals surface area contributed by atoms with Gasteiger partial charge in [-0.2, -0.15) is 0 Å². The second kappa shape index (κ2) is 9.44. The number of likely N-dealkylation sites (tertiary alicyclic amines) is 2. The number of hydrogen-bond acceptors (Lipinski definition) is 5. The molecule has 1 atom stereocenters. The molecule has 3 aromatic rings. The number of halogens is 1. The molecule has 1 unspecified atom stereocenters. The molecule has 0 aliphatic carbocycles. The molecule has 2 aromatic carbocycles. The van der Waals surface area contributed by atoms with Gasteiger partial charge >= 0.3 is 0 Å². The molecule has 1 aromatic heterocycles. The van der Waals surface area contributed by atoms with Gasteiger partial charge in [-0.3, -0.25) is 9.59 Å². The van der Waals surface area contributed by atoms with E-state index in [2.05, 4.69) is 15.3 Å². The van der Waals surface area contributed by atoms with Crippen LogP contribution in [0.5, 0.6) is 0 Å². The molecular formula is C27H28FN5O2. The van der Waals surface area contributed by atoms with Gasteiger partial charge < -0.3 is 15.1 Å². The van der Waals surface area contributed by atoms with Gasteiger partial charge in [0.25, 0.3) is 5.91 Å². The molecule has 2 aliphatic heterocycles. The lowest BCUT2D eigenvalue weighted by Gasteiger charge is -2.37. The topological polar surface area (TPSA) is 78.4 Å². The summed E-state index contributed by atoms with van der Waals surface area (Å²) in [6, 6.07) is 15.7. The maximum Gasteiger partial charge on any atom is 0.253 e. The molecule has 2 aliphatic rings. The van der Waals surface area contributed by atoms with E-state index in [0.717, 1.165) is 17.7 Å². The van der Waals surface area contributed by atoms with Crippen LogP contribution in [-0.4, -0.2) is 57.8 Å². The van der Waals surface area contributed by atoms with Gasteiger partial charge in [0.05, 0.1) is 5.41 Å². The van der Waals surface area contributed by atoms with Crippen molar-refractivity contribution in [3.8, 4) is 0 Å². The quantitative estimate of drug-likeness (QED) is 0.605. The van der Waals surface area contributed by atoms with Crippen LogP contribution >= 0.6 is 0 Å². The normalized spacial score (nSPS) is 19.3. The summed E-state index contributed by atoms with van der Waals surface area (Å²) >= 11 is 0. The highest BCUT2D eigenvalue weighted by Crippen LogP contribution is 2.45. The predicted octanol–water partition coefficient (Wildman–Crippen LogP) is 4.06. The van der Waals surface area contributed by atoms with Crippen molar-refractivity contribution >= 4 is 23.5 Å². The number of benzene rings is 2. The molecule has 0 radical (unpaired) electrons. The first-order valence-electron chi connectivity index (χ1n) is 11.9. The number of nitrogens with zero attached hydrogens (tertiary/aromatic N) is 4. The average Bonchev–Trinajstić information content (AvgIpc) is 3.09. The largest absolute Gasteiger partial charge is 0.342 e. The third-order valence-corrected chi connectivity index (χ3v) is 7.25. The van der Waals surface area contributed by atoms with Crippen LogP contribution in [0.3, 0.4) is 0 Å². The van der Waals surface area contributed by atoms with Crippen LogP contribution in [0.25, 0.3) is 0 Å². The molecule has 2 amide bonds. The maximum atomic E-state index is 13.6. The summed E-state index contributed by atoms with van der Waals surface area (Å²) in [5, 5.41) is 3.11. The molecule has 5 rings (SSSR count). The molecule has 35 heavy (non-hydrogen) atoms. The van der Waals surface area contributed by atoms with E-state index in [4.69, 9.17) is 0 Å². The fraction of sp³-hybridized carbons (Fsp3) is 0.333. The van der Waals surface area contributed by atoms with Crippen LogP contribution in [-0.2, 0) is 11.2 Å². The van der Waals surface area contributed by atoms with Gasteiger partial charge in [0.2, 0.25) is 11.9 Å². The Morgan fingerprint density at radius 2 is 1.83 bits per heavy atom. The Kier molecular flexibility index (Phi) is 6.19. The minimum Gasteiger partial charge on any atom is -0.342 e.